The predicted octanol–water partition coefficient (Wildman–Crippen LogP) is 0.455. The molecule has 0 aromatic heterocycles. The summed E-state index contributed by atoms with van der Waals surface area (Å²) >= 11 is 0. The summed E-state index contributed by atoms with van der Waals surface area (Å²) in [6.45, 7) is 5.08. The Bertz CT molecular complexity index is 510. The van der Waals surface area contributed by atoms with Gasteiger partial charge in [-0.2, -0.15) is 0 Å². The Hall–Kier alpha value is -1.85. The Labute approximate surface area is 116 Å². The third kappa shape index (κ3) is 1.60. The summed E-state index contributed by atoms with van der Waals surface area (Å²) in [5, 5.41) is 0. The van der Waals surface area contributed by atoms with E-state index in [1.54, 1.807) is 6.92 Å². The highest BCUT2D eigenvalue weighted by Crippen LogP contribution is 2.58. The van der Waals surface area contributed by atoms with Crippen molar-refractivity contribution in [3.63, 3.8) is 0 Å². The van der Waals surface area contributed by atoms with Crippen molar-refractivity contribution < 1.29 is 28.6 Å². The number of methoxy groups -OCH3 is 1. The minimum absolute atomic E-state index is 0.0560. The first kappa shape index (κ1) is 13.1. The van der Waals surface area contributed by atoms with Crippen LogP contribution < -0.4 is 0 Å². The molecule has 1 aliphatic heterocycles. The summed E-state index contributed by atoms with van der Waals surface area (Å²) < 4.78 is 15.5. The second-order valence-electron chi connectivity index (χ2n) is 5.69. The number of rotatable bonds is 3. The number of fused-ring (bicyclic) bond motifs is 1. The smallest absolute Gasteiger partial charge is 0.333 e. The van der Waals surface area contributed by atoms with Gasteiger partial charge < -0.3 is 14.2 Å². The van der Waals surface area contributed by atoms with Crippen LogP contribution in [0.4, 0.5) is 0 Å². The summed E-state index contributed by atoms with van der Waals surface area (Å²) in [5.74, 6) is -2.62. The van der Waals surface area contributed by atoms with E-state index in [1.807, 2.05) is 0 Å². The molecule has 3 rings (SSSR count). The third-order valence-corrected chi connectivity index (χ3v) is 4.61. The van der Waals surface area contributed by atoms with Crippen molar-refractivity contribution in [2.75, 3.05) is 7.11 Å². The minimum Gasteiger partial charge on any atom is -0.469 e. The van der Waals surface area contributed by atoms with E-state index in [-0.39, 0.29) is 23.4 Å². The van der Waals surface area contributed by atoms with Crippen LogP contribution in [0.2, 0.25) is 0 Å². The average Bonchev–Trinajstić information content (AvgIpc) is 3.00. The van der Waals surface area contributed by atoms with Crippen LogP contribution in [0, 0.1) is 23.7 Å². The Morgan fingerprint density at radius 1 is 1.35 bits per heavy atom. The molecule has 6 nitrogen and oxygen atoms in total. The van der Waals surface area contributed by atoms with Crippen LogP contribution in [0.3, 0.4) is 0 Å². The van der Waals surface area contributed by atoms with Crippen molar-refractivity contribution in [1.29, 1.82) is 0 Å². The molecule has 0 N–H and O–H groups in total. The van der Waals surface area contributed by atoms with E-state index >= 15 is 0 Å². The van der Waals surface area contributed by atoms with Crippen LogP contribution in [0.5, 0.6) is 0 Å². The summed E-state index contributed by atoms with van der Waals surface area (Å²) in [7, 11) is 1.29. The van der Waals surface area contributed by atoms with Crippen molar-refractivity contribution in [3.05, 3.63) is 12.2 Å². The molecule has 3 fully saturated rings. The van der Waals surface area contributed by atoms with Crippen LogP contribution in [-0.2, 0) is 28.6 Å². The lowest BCUT2D eigenvalue weighted by Crippen LogP contribution is -2.43. The maximum Gasteiger partial charge on any atom is 0.333 e. The summed E-state index contributed by atoms with van der Waals surface area (Å²) in [4.78, 5) is 35.5. The maximum atomic E-state index is 11.9. The number of hydrogen-bond donors (Lipinski definition) is 0. The van der Waals surface area contributed by atoms with Crippen LogP contribution >= 0.6 is 0 Å². The van der Waals surface area contributed by atoms with E-state index in [4.69, 9.17) is 14.2 Å². The third-order valence-electron chi connectivity index (χ3n) is 4.61. The summed E-state index contributed by atoms with van der Waals surface area (Å²) in [5.41, 5.74) is 0.281. The molecule has 2 saturated carbocycles. The fourth-order valence-electron chi connectivity index (χ4n) is 3.83. The molecule has 0 aromatic rings. The first-order valence-electron chi connectivity index (χ1n) is 6.60. The van der Waals surface area contributed by atoms with Gasteiger partial charge in [0, 0.05) is 17.4 Å². The number of carbonyl (C=O) groups is 3. The Kier molecular flexibility index (Phi) is 2.84. The SMILES string of the molecule is C=C(C)C(=O)OC1C2OC(=O)C3C2C[C@@H]1C3C(=O)OC. The van der Waals surface area contributed by atoms with E-state index in [2.05, 4.69) is 6.58 Å². The lowest BCUT2D eigenvalue weighted by molar-refractivity contribution is -0.161. The zero-order valence-corrected chi connectivity index (χ0v) is 11.3. The van der Waals surface area contributed by atoms with E-state index in [0.717, 1.165) is 0 Å². The molecule has 3 aliphatic rings. The zero-order valence-electron chi connectivity index (χ0n) is 11.3. The lowest BCUT2D eigenvalue weighted by Gasteiger charge is -2.29. The van der Waals surface area contributed by atoms with Gasteiger partial charge in [0.15, 0.2) is 0 Å². The molecule has 1 heterocycles. The van der Waals surface area contributed by atoms with Crippen molar-refractivity contribution in [3.8, 4) is 0 Å². The first-order valence-corrected chi connectivity index (χ1v) is 6.60. The Morgan fingerprint density at radius 2 is 2.05 bits per heavy atom. The number of esters is 3. The molecule has 0 spiro atoms. The van der Waals surface area contributed by atoms with E-state index in [0.29, 0.717) is 6.42 Å². The van der Waals surface area contributed by atoms with Crippen LogP contribution in [0.15, 0.2) is 12.2 Å². The van der Waals surface area contributed by atoms with Gasteiger partial charge >= 0.3 is 17.9 Å². The number of hydrogen-bond acceptors (Lipinski definition) is 6. The first-order chi connectivity index (χ1) is 9.45. The molecular formula is C14H16O6. The van der Waals surface area contributed by atoms with E-state index < -0.39 is 36.0 Å². The van der Waals surface area contributed by atoms with Crippen molar-refractivity contribution >= 4 is 17.9 Å². The fourth-order valence-corrected chi connectivity index (χ4v) is 3.83. The van der Waals surface area contributed by atoms with Crippen LogP contribution in [0.1, 0.15) is 13.3 Å². The van der Waals surface area contributed by atoms with E-state index in [9.17, 15) is 14.4 Å². The molecule has 0 amide bonds. The Morgan fingerprint density at radius 3 is 2.65 bits per heavy atom. The number of ether oxygens (including phenoxy) is 3. The summed E-state index contributed by atoms with van der Waals surface area (Å²) in [6.07, 6.45) is -0.354. The second-order valence-corrected chi connectivity index (χ2v) is 5.69. The van der Waals surface area contributed by atoms with Gasteiger partial charge in [0.25, 0.3) is 0 Å². The van der Waals surface area contributed by atoms with Gasteiger partial charge in [0.05, 0.1) is 18.9 Å². The molecule has 108 valence electrons. The van der Waals surface area contributed by atoms with Gasteiger partial charge in [-0.1, -0.05) is 6.58 Å². The van der Waals surface area contributed by atoms with Crippen molar-refractivity contribution in [1.82, 2.24) is 0 Å². The molecule has 1 saturated heterocycles. The highest BCUT2D eigenvalue weighted by atomic mass is 16.6. The monoisotopic (exact) mass is 280 g/mol. The topological polar surface area (TPSA) is 78.9 Å². The normalized spacial score (nSPS) is 40.4. The second kappa shape index (κ2) is 4.33. The molecule has 5 unspecified atom stereocenters. The van der Waals surface area contributed by atoms with E-state index in [1.165, 1.54) is 7.11 Å². The molecular weight excluding hydrogens is 264 g/mol. The molecule has 20 heavy (non-hydrogen) atoms. The van der Waals surface area contributed by atoms with Crippen LogP contribution in [-0.4, -0.2) is 37.2 Å². The van der Waals surface area contributed by atoms with Gasteiger partial charge in [-0.05, 0) is 13.3 Å². The molecule has 0 radical (unpaired) electrons. The molecule has 2 bridgehead atoms. The van der Waals surface area contributed by atoms with Gasteiger partial charge in [-0.3, -0.25) is 9.59 Å². The highest BCUT2D eigenvalue weighted by Gasteiger charge is 2.70. The molecule has 6 heteroatoms. The number of carbonyl (C=O) groups excluding carboxylic acids is 3. The molecule has 2 aliphatic carbocycles. The average molecular weight is 280 g/mol. The summed E-state index contributed by atoms with van der Waals surface area (Å²) in [6, 6.07) is 0. The molecule has 0 aromatic carbocycles. The van der Waals surface area contributed by atoms with Gasteiger partial charge in [-0.15, -0.1) is 0 Å². The standard InChI is InChI=1S/C14H16O6/c1-5(2)12(15)19-10-6-4-7-9(8(6)13(16)18-3)14(17)20-11(7)10/h6-11H,1,4H2,2-3H3/t6-,7?,8?,9?,10?,11?/m1/s1. The van der Waals surface area contributed by atoms with Gasteiger partial charge in [-0.25, -0.2) is 4.79 Å². The highest BCUT2D eigenvalue weighted by molar-refractivity contribution is 5.88. The molecule has 6 atom stereocenters. The predicted molar refractivity (Wildman–Crippen MR) is 65.2 cm³/mol. The van der Waals surface area contributed by atoms with Gasteiger partial charge in [0.2, 0.25) is 0 Å². The minimum atomic E-state index is -0.573. The quantitative estimate of drug-likeness (QED) is 0.424. The van der Waals surface area contributed by atoms with Crippen LogP contribution in [0.25, 0.3) is 0 Å². The largest absolute Gasteiger partial charge is 0.469 e. The maximum absolute atomic E-state index is 11.9. The lowest BCUT2D eigenvalue weighted by atomic mass is 9.78. The Balaban J connectivity index is 1.88. The zero-order chi connectivity index (χ0) is 14.6. The van der Waals surface area contributed by atoms with Crippen molar-refractivity contribution in [2.45, 2.75) is 25.6 Å². The van der Waals surface area contributed by atoms with Crippen molar-refractivity contribution in [2.24, 2.45) is 23.7 Å². The van der Waals surface area contributed by atoms with Gasteiger partial charge in [0.1, 0.15) is 12.2 Å². The fraction of sp³-hybridized carbons (Fsp3) is 0.643.